The van der Waals surface area contributed by atoms with E-state index in [1.807, 2.05) is 24.3 Å². The number of aromatic nitrogens is 3. The molecule has 104 valence electrons. The minimum atomic E-state index is -0.948. The van der Waals surface area contributed by atoms with E-state index in [0.717, 1.165) is 36.0 Å². The van der Waals surface area contributed by atoms with E-state index in [1.54, 1.807) is 16.8 Å². The smallest absolute Gasteiger partial charge is 0.337 e. The van der Waals surface area contributed by atoms with E-state index in [9.17, 15) is 9.90 Å². The maximum atomic E-state index is 11.6. The Hall–Kier alpha value is -2.69. The monoisotopic (exact) mass is 279 g/mol. The van der Waals surface area contributed by atoms with Gasteiger partial charge in [0.1, 0.15) is 5.69 Å². The summed E-state index contributed by atoms with van der Waals surface area (Å²) in [5.41, 5.74) is 4.45. The van der Waals surface area contributed by atoms with E-state index in [0.29, 0.717) is 11.4 Å². The van der Waals surface area contributed by atoms with Gasteiger partial charge < -0.3 is 5.11 Å². The molecular formula is C16H13N3O2. The Labute approximate surface area is 120 Å². The van der Waals surface area contributed by atoms with E-state index in [2.05, 4.69) is 10.1 Å². The number of hydrogen-bond donors (Lipinski definition) is 1. The van der Waals surface area contributed by atoms with Gasteiger partial charge in [-0.05, 0) is 49.1 Å². The first-order chi connectivity index (χ1) is 10.2. The van der Waals surface area contributed by atoms with Crippen LogP contribution in [0.5, 0.6) is 0 Å². The number of rotatable bonds is 2. The number of aromatic carboxylic acids is 1. The van der Waals surface area contributed by atoms with Crippen molar-refractivity contribution in [1.29, 1.82) is 0 Å². The Kier molecular flexibility index (Phi) is 2.54. The number of nitrogens with zero attached hydrogens (tertiary/aromatic N) is 3. The second kappa shape index (κ2) is 4.41. The minimum Gasteiger partial charge on any atom is -0.478 e. The fourth-order valence-electron chi connectivity index (χ4n) is 2.96. The number of carboxylic acid groups (broad SMARTS) is 1. The van der Waals surface area contributed by atoms with Crippen molar-refractivity contribution >= 4 is 11.5 Å². The van der Waals surface area contributed by atoms with Gasteiger partial charge in [-0.1, -0.05) is 6.07 Å². The summed E-state index contributed by atoms with van der Waals surface area (Å²) < 4.78 is 1.73. The number of hydrogen-bond acceptors (Lipinski definition) is 3. The quantitative estimate of drug-likeness (QED) is 0.783. The molecule has 0 atom stereocenters. The lowest BCUT2D eigenvalue weighted by Gasteiger charge is -2.10. The molecule has 0 fully saturated rings. The van der Waals surface area contributed by atoms with Gasteiger partial charge in [0.25, 0.3) is 0 Å². The largest absolute Gasteiger partial charge is 0.478 e. The Morgan fingerprint density at radius 3 is 3.00 bits per heavy atom. The van der Waals surface area contributed by atoms with Gasteiger partial charge in [-0.15, -0.1) is 0 Å². The zero-order valence-electron chi connectivity index (χ0n) is 11.3. The predicted molar refractivity (Wildman–Crippen MR) is 77.4 cm³/mol. The molecule has 5 heteroatoms. The van der Waals surface area contributed by atoms with Crippen LogP contribution in [0.4, 0.5) is 0 Å². The molecule has 3 aromatic rings. The highest BCUT2D eigenvalue weighted by atomic mass is 16.4. The van der Waals surface area contributed by atoms with Gasteiger partial charge in [-0.2, -0.15) is 5.10 Å². The average molecular weight is 279 g/mol. The van der Waals surface area contributed by atoms with Crippen molar-refractivity contribution in [2.24, 2.45) is 0 Å². The van der Waals surface area contributed by atoms with Crippen LogP contribution in [0, 0.1) is 0 Å². The molecule has 3 heterocycles. The van der Waals surface area contributed by atoms with Crippen molar-refractivity contribution in [3.8, 4) is 11.4 Å². The molecule has 5 nitrogen and oxygen atoms in total. The molecule has 0 aromatic carbocycles. The molecule has 1 aliphatic carbocycles. The standard InChI is InChI=1S/C16H13N3O2/c20-16(21)12-9-10-3-1-5-13(10)18-15(12)14-6-2-4-11-7-8-17-19(11)14/h2,4,6-9H,1,3,5H2,(H,20,21). The molecule has 0 saturated carbocycles. The predicted octanol–water partition coefficient (Wildman–Crippen LogP) is 2.58. The molecule has 4 rings (SSSR count). The van der Waals surface area contributed by atoms with Gasteiger partial charge >= 0.3 is 5.97 Å². The summed E-state index contributed by atoms with van der Waals surface area (Å²) >= 11 is 0. The third-order valence-corrected chi connectivity index (χ3v) is 3.95. The van der Waals surface area contributed by atoms with Crippen molar-refractivity contribution in [3.05, 3.63) is 53.3 Å². The lowest BCUT2D eigenvalue weighted by molar-refractivity contribution is 0.0697. The molecule has 0 saturated heterocycles. The summed E-state index contributed by atoms with van der Waals surface area (Å²) in [7, 11) is 0. The molecule has 1 aliphatic rings. The Balaban J connectivity index is 2.03. The van der Waals surface area contributed by atoms with E-state index < -0.39 is 5.97 Å². The Morgan fingerprint density at radius 1 is 1.24 bits per heavy atom. The maximum absolute atomic E-state index is 11.6. The number of carboxylic acids is 1. The van der Waals surface area contributed by atoms with Gasteiger partial charge in [0.05, 0.1) is 23.0 Å². The maximum Gasteiger partial charge on any atom is 0.337 e. The number of aryl methyl sites for hydroxylation is 2. The van der Waals surface area contributed by atoms with Gasteiger partial charge in [-0.25, -0.2) is 14.3 Å². The molecule has 0 spiro atoms. The lowest BCUT2D eigenvalue weighted by atomic mass is 10.1. The van der Waals surface area contributed by atoms with Crippen LogP contribution < -0.4 is 0 Å². The van der Waals surface area contributed by atoms with Crippen molar-refractivity contribution in [3.63, 3.8) is 0 Å². The first kappa shape index (κ1) is 12.1. The average Bonchev–Trinajstić information content (AvgIpc) is 3.13. The first-order valence-corrected chi connectivity index (χ1v) is 6.93. The van der Waals surface area contributed by atoms with Crippen LogP contribution in [0.15, 0.2) is 36.5 Å². The molecule has 1 N–H and O–H groups in total. The minimum absolute atomic E-state index is 0.249. The van der Waals surface area contributed by atoms with E-state index >= 15 is 0 Å². The SMILES string of the molecule is O=C(O)c1cc2c(nc1-c1cccc3ccnn13)CCC2. The number of fused-ring (bicyclic) bond motifs is 2. The summed E-state index contributed by atoms with van der Waals surface area (Å²) in [6.07, 6.45) is 4.57. The van der Waals surface area contributed by atoms with Crippen LogP contribution in [-0.4, -0.2) is 25.7 Å². The summed E-state index contributed by atoms with van der Waals surface area (Å²) in [4.78, 5) is 16.2. The zero-order chi connectivity index (χ0) is 14.4. The van der Waals surface area contributed by atoms with E-state index in [1.165, 1.54) is 0 Å². The third-order valence-electron chi connectivity index (χ3n) is 3.95. The topological polar surface area (TPSA) is 67.5 Å². The van der Waals surface area contributed by atoms with Crippen LogP contribution >= 0.6 is 0 Å². The van der Waals surface area contributed by atoms with Crippen molar-refractivity contribution in [2.75, 3.05) is 0 Å². The third kappa shape index (κ3) is 1.81. The molecule has 0 unspecified atom stereocenters. The molecule has 0 amide bonds. The lowest BCUT2D eigenvalue weighted by Crippen LogP contribution is -2.07. The van der Waals surface area contributed by atoms with E-state index in [-0.39, 0.29) is 5.56 Å². The number of pyridine rings is 2. The second-order valence-electron chi connectivity index (χ2n) is 5.23. The van der Waals surface area contributed by atoms with Crippen LogP contribution in [-0.2, 0) is 12.8 Å². The molecule has 3 aromatic heterocycles. The van der Waals surface area contributed by atoms with E-state index in [4.69, 9.17) is 0 Å². The number of carbonyl (C=O) groups is 1. The summed E-state index contributed by atoms with van der Waals surface area (Å²) in [5, 5.41) is 13.8. The fraction of sp³-hybridized carbons (Fsp3) is 0.188. The highest BCUT2D eigenvalue weighted by Gasteiger charge is 2.22. The Bertz CT molecular complexity index is 867. The van der Waals surface area contributed by atoms with Crippen LogP contribution in [0.25, 0.3) is 16.9 Å². The summed E-state index contributed by atoms with van der Waals surface area (Å²) in [5.74, 6) is -0.948. The normalized spacial score (nSPS) is 13.5. The molecular weight excluding hydrogens is 266 g/mol. The van der Waals surface area contributed by atoms with Gasteiger partial charge in [-0.3, -0.25) is 0 Å². The summed E-state index contributed by atoms with van der Waals surface area (Å²) in [6, 6.07) is 9.35. The summed E-state index contributed by atoms with van der Waals surface area (Å²) in [6.45, 7) is 0. The highest BCUT2D eigenvalue weighted by molar-refractivity contribution is 5.94. The van der Waals surface area contributed by atoms with Gasteiger partial charge in [0.2, 0.25) is 0 Å². The highest BCUT2D eigenvalue weighted by Crippen LogP contribution is 2.29. The van der Waals surface area contributed by atoms with Crippen molar-refractivity contribution in [2.45, 2.75) is 19.3 Å². The van der Waals surface area contributed by atoms with Gasteiger partial charge in [0.15, 0.2) is 0 Å². The molecule has 0 bridgehead atoms. The van der Waals surface area contributed by atoms with Crippen molar-refractivity contribution in [1.82, 2.24) is 14.6 Å². The van der Waals surface area contributed by atoms with Crippen LogP contribution in [0.1, 0.15) is 28.0 Å². The van der Waals surface area contributed by atoms with Crippen LogP contribution in [0.3, 0.4) is 0 Å². The Morgan fingerprint density at radius 2 is 2.14 bits per heavy atom. The fourth-order valence-corrected chi connectivity index (χ4v) is 2.96. The van der Waals surface area contributed by atoms with Crippen molar-refractivity contribution < 1.29 is 9.90 Å². The second-order valence-corrected chi connectivity index (χ2v) is 5.23. The van der Waals surface area contributed by atoms with Crippen LogP contribution in [0.2, 0.25) is 0 Å². The zero-order valence-corrected chi connectivity index (χ0v) is 11.3. The molecule has 0 aliphatic heterocycles. The first-order valence-electron chi connectivity index (χ1n) is 6.93. The molecule has 0 radical (unpaired) electrons. The van der Waals surface area contributed by atoms with Gasteiger partial charge in [0, 0.05) is 5.69 Å². The molecule has 21 heavy (non-hydrogen) atoms.